The summed E-state index contributed by atoms with van der Waals surface area (Å²) in [5.41, 5.74) is 1.97. The Morgan fingerprint density at radius 2 is 2.04 bits per heavy atom. The Balaban J connectivity index is 1.64. The standard InChI is InChI=1S/C18H24N6O3/c1-13(20-9-12-22-10-7-19-8-11-22)17-14(2)21-23(18(17)25)15-3-5-16(6-4-15)24(26)27/h3-6,17,19H,7-12H2,1-2H3/p+2/t17-/m1/s1. The van der Waals surface area contributed by atoms with Crippen molar-refractivity contribution in [2.75, 3.05) is 44.3 Å². The fraction of sp³-hybridized carbons (Fsp3) is 0.500. The van der Waals surface area contributed by atoms with Gasteiger partial charge >= 0.3 is 0 Å². The maximum absolute atomic E-state index is 12.8. The summed E-state index contributed by atoms with van der Waals surface area (Å²) in [6.45, 7) is 10.0. The number of nitro groups is 1. The molecule has 9 heteroatoms. The number of nitrogens with two attached hydrogens (primary N) is 1. The number of hydrogen-bond donors (Lipinski definition) is 2. The van der Waals surface area contributed by atoms with E-state index in [1.165, 1.54) is 17.1 Å². The minimum atomic E-state index is -0.466. The Labute approximate surface area is 157 Å². The molecular formula is C18H26N6O3+2. The normalized spacial score (nSPS) is 21.5. The van der Waals surface area contributed by atoms with Gasteiger partial charge in [0.15, 0.2) is 0 Å². The first-order chi connectivity index (χ1) is 13.0. The van der Waals surface area contributed by atoms with Crippen molar-refractivity contribution in [1.29, 1.82) is 0 Å². The summed E-state index contributed by atoms with van der Waals surface area (Å²) in [4.78, 5) is 29.3. The van der Waals surface area contributed by atoms with Crippen LogP contribution in [0.25, 0.3) is 0 Å². The van der Waals surface area contributed by atoms with E-state index in [4.69, 9.17) is 0 Å². The first-order valence-electron chi connectivity index (χ1n) is 9.27. The highest BCUT2D eigenvalue weighted by Crippen LogP contribution is 2.26. The molecule has 9 nitrogen and oxygen atoms in total. The summed E-state index contributed by atoms with van der Waals surface area (Å²) in [7, 11) is 0. The number of rotatable bonds is 6. The molecule has 1 aromatic rings. The molecule has 1 atom stereocenters. The number of piperazine rings is 1. The predicted molar refractivity (Wildman–Crippen MR) is 102 cm³/mol. The number of amides is 1. The van der Waals surface area contributed by atoms with Gasteiger partial charge in [-0.2, -0.15) is 10.1 Å². The maximum atomic E-state index is 12.8. The molecule has 0 radical (unpaired) electrons. The highest BCUT2D eigenvalue weighted by atomic mass is 16.6. The number of quaternary nitrogens is 2. The van der Waals surface area contributed by atoms with Gasteiger partial charge in [-0.3, -0.25) is 19.9 Å². The van der Waals surface area contributed by atoms with Crippen LogP contribution < -0.4 is 15.2 Å². The van der Waals surface area contributed by atoms with E-state index in [1.807, 2.05) is 13.8 Å². The zero-order valence-corrected chi connectivity index (χ0v) is 15.7. The summed E-state index contributed by atoms with van der Waals surface area (Å²) in [5, 5.41) is 18.8. The first-order valence-corrected chi connectivity index (χ1v) is 9.27. The van der Waals surface area contributed by atoms with Gasteiger partial charge in [0.1, 0.15) is 32.1 Å². The molecule has 2 aliphatic rings. The number of anilines is 1. The second kappa shape index (κ2) is 8.36. The van der Waals surface area contributed by atoms with Gasteiger partial charge in [-0.1, -0.05) is 0 Å². The molecule has 1 saturated heterocycles. The summed E-state index contributed by atoms with van der Waals surface area (Å²) >= 11 is 0. The van der Waals surface area contributed by atoms with Crippen LogP contribution in [-0.2, 0) is 4.79 Å². The summed E-state index contributed by atoms with van der Waals surface area (Å²) in [5.74, 6) is -0.618. The van der Waals surface area contributed by atoms with Crippen LogP contribution >= 0.6 is 0 Å². The third-order valence-corrected chi connectivity index (χ3v) is 5.08. The van der Waals surface area contributed by atoms with Crippen molar-refractivity contribution in [3.05, 3.63) is 34.4 Å². The van der Waals surface area contributed by atoms with Gasteiger partial charge in [-0.15, -0.1) is 0 Å². The highest BCUT2D eigenvalue weighted by Gasteiger charge is 2.36. The van der Waals surface area contributed by atoms with Gasteiger partial charge in [-0.25, -0.2) is 0 Å². The number of benzene rings is 1. The lowest BCUT2D eigenvalue weighted by Crippen LogP contribution is -3.20. The maximum Gasteiger partial charge on any atom is 0.269 e. The Morgan fingerprint density at radius 1 is 1.37 bits per heavy atom. The molecule has 1 fully saturated rings. The monoisotopic (exact) mass is 374 g/mol. The number of non-ortho nitro benzene ring substituents is 1. The number of hydrogen-bond acceptors (Lipinski definition) is 5. The Kier molecular flexibility index (Phi) is 5.92. The quantitative estimate of drug-likeness (QED) is 0.373. The number of aliphatic imine (C=N–C) groups is 1. The zero-order valence-electron chi connectivity index (χ0n) is 15.7. The third kappa shape index (κ3) is 4.37. The number of carbonyl (C=O) groups is 1. The molecule has 144 valence electrons. The van der Waals surface area contributed by atoms with Gasteiger partial charge in [-0.05, 0) is 26.0 Å². The molecule has 0 spiro atoms. The number of nitrogens with one attached hydrogen (secondary N) is 1. The van der Waals surface area contributed by atoms with Crippen molar-refractivity contribution in [2.45, 2.75) is 13.8 Å². The molecule has 2 heterocycles. The van der Waals surface area contributed by atoms with Gasteiger partial charge in [0.05, 0.1) is 29.4 Å². The van der Waals surface area contributed by atoms with Crippen molar-refractivity contribution in [1.82, 2.24) is 0 Å². The van der Waals surface area contributed by atoms with E-state index < -0.39 is 10.8 Å². The highest BCUT2D eigenvalue weighted by molar-refractivity contribution is 6.27. The topological polar surface area (TPSA) is 109 Å². The molecule has 0 unspecified atom stereocenters. The van der Waals surface area contributed by atoms with Gasteiger partial charge in [0.2, 0.25) is 0 Å². The molecule has 27 heavy (non-hydrogen) atoms. The molecule has 3 N–H and O–H groups in total. The molecule has 1 aromatic carbocycles. The zero-order chi connectivity index (χ0) is 19.4. The Morgan fingerprint density at radius 3 is 2.67 bits per heavy atom. The average molecular weight is 374 g/mol. The third-order valence-electron chi connectivity index (χ3n) is 5.08. The van der Waals surface area contributed by atoms with Crippen molar-refractivity contribution in [3.63, 3.8) is 0 Å². The second-order valence-corrected chi connectivity index (χ2v) is 6.99. The molecule has 0 saturated carbocycles. The van der Waals surface area contributed by atoms with Crippen LogP contribution in [0.3, 0.4) is 0 Å². The van der Waals surface area contributed by atoms with Crippen LogP contribution in [-0.4, -0.2) is 61.5 Å². The lowest BCUT2D eigenvalue weighted by molar-refractivity contribution is -0.945. The number of hydrazone groups is 1. The summed E-state index contributed by atoms with van der Waals surface area (Å²) < 4.78 is 0. The minimum absolute atomic E-state index is 0.0156. The number of nitrogens with zero attached hydrogens (tertiary/aromatic N) is 4. The van der Waals surface area contributed by atoms with E-state index in [2.05, 4.69) is 15.4 Å². The molecule has 1 amide bonds. The Bertz CT molecular complexity index is 768. The summed E-state index contributed by atoms with van der Waals surface area (Å²) in [6, 6.07) is 5.83. The van der Waals surface area contributed by atoms with Crippen LogP contribution in [0.4, 0.5) is 11.4 Å². The van der Waals surface area contributed by atoms with Gasteiger partial charge < -0.3 is 10.2 Å². The van der Waals surface area contributed by atoms with Crippen molar-refractivity contribution in [3.8, 4) is 0 Å². The molecule has 0 bridgehead atoms. The van der Waals surface area contributed by atoms with Crippen molar-refractivity contribution >= 4 is 28.7 Å². The van der Waals surface area contributed by atoms with Crippen LogP contribution in [0.5, 0.6) is 0 Å². The van der Waals surface area contributed by atoms with Crippen LogP contribution in [0.1, 0.15) is 13.8 Å². The smallest absolute Gasteiger partial charge is 0.269 e. The van der Waals surface area contributed by atoms with Gasteiger partial charge in [0, 0.05) is 17.8 Å². The van der Waals surface area contributed by atoms with Crippen LogP contribution in [0.2, 0.25) is 0 Å². The molecular weight excluding hydrogens is 348 g/mol. The lowest BCUT2D eigenvalue weighted by Gasteiger charge is -2.21. The molecule has 3 rings (SSSR count). The molecule has 2 aliphatic heterocycles. The Hall–Kier alpha value is -2.65. The predicted octanol–water partition coefficient (Wildman–Crippen LogP) is -1.14. The van der Waals surface area contributed by atoms with E-state index in [0.29, 0.717) is 17.9 Å². The van der Waals surface area contributed by atoms with Crippen LogP contribution in [0, 0.1) is 16.0 Å². The minimum Gasteiger partial charge on any atom is -0.337 e. The average Bonchev–Trinajstić information content (AvgIpc) is 2.97. The lowest BCUT2D eigenvalue weighted by atomic mass is 9.99. The van der Waals surface area contributed by atoms with Crippen molar-refractivity contribution < 1.29 is 19.9 Å². The summed E-state index contributed by atoms with van der Waals surface area (Å²) in [6.07, 6.45) is 0. The van der Waals surface area contributed by atoms with E-state index in [0.717, 1.165) is 38.4 Å². The largest absolute Gasteiger partial charge is 0.337 e. The fourth-order valence-corrected chi connectivity index (χ4v) is 3.56. The fourth-order valence-electron chi connectivity index (χ4n) is 3.56. The SMILES string of the molecule is CC(=NCC[NH+]1CC[NH2+]CC1)[C@H]1C(=O)N(c2ccc([N+](=O)[O-])cc2)N=C1C. The van der Waals surface area contributed by atoms with Crippen LogP contribution in [0.15, 0.2) is 34.4 Å². The van der Waals surface area contributed by atoms with E-state index >= 15 is 0 Å². The first kappa shape index (κ1) is 19.1. The van der Waals surface area contributed by atoms with E-state index in [1.54, 1.807) is 17.0 Å². The van der Waals surface area contributed by atoms with Crippen molar-refractivity contribution in [2.24, 2.45) is 16.0 Å². The second-order valence-electron chi connectivity index (χ2n) is 6.99. The number of nitro benzene ring substituents is 1. The molecule has 0 aromatic heterocycles. The van der Waals surface area contributed by atoms with E-state index in [-0.39, 0.29) is 11.6 Å². The molecule has 0 aliphatic carbocycles. The number of carbonyl (C=O) groups excluding carboxylic acids is 1. The van der Waals surface area contributed by atoms with Gasteiger partial charge in [0.25, 0.3) is 11.6 Å². The van der Waals surface area contributed by atoms with E-state index in [9.17, 15) is 14.9 Å².